The Morgan fingerprint density at radius 3 is 2.29 bits per heavy atom. The lowest BCUT2D eigenvalue weighted by molar-refractivity contribution is -0.119. The minimum atomic E-state index is -0.766. The van der Waals surface area contributed by atoms with E-state index in [1.807, 2.05) is 6.07 Å². The number of nitrogens with one attached hydrogen (secondary N) is 1. The van der Waals surface area contributed by atoms with Crippen LogP contribution in [0.2, 0.25) is 0 Å². The summed E-state index contributed by atoms with van der Waals surface area (Å²) in [6.45, 7) is 0. The summed E-state index contributed by atoms with van der Waals surface area (Å²) in [7, 11) is 6.02. The first-order chi connectivity index (χ1) is 16.9. The summed E-state index contributed by atoms with van der Waals surface area (Å²) >= 11 is 0. The van der Waals surface area contributed by atoms with Crippen LogP contribution >= 0.6 is 0 Å². The number of carbonyl (C=O) groups is 3. The third-order valence-corrected chi connectivity index (χ3v) is 6.20. The number of likely N-dealkylation sites (N-methyl/N-ethyl adjacent to an activating group) is 1. The van der Waals surface area contributed by atoms with Crippen LogP contribution in [-0.4, -0.2) is 51.1 Å². The molecule has 8 nitrogen and oxygen atoms in total. The van der Waals surface area contributed by atoms with Gasteiger partial charge in [0.2, 0.25) is 5.91 Å². The van der Waals surface area contributed by atoms with Crippen LogP contribution in [0, 0.1) is 0 Å². The van der Waals surface area contributed by atoms with Gasteiger partial charge in [-0.3, -0.25) is 9.59 Å². The highest BCUT2D eigenvalue weighted by atomic mass is 16.5. The second-order valence-corrected chi connectivity index (χ2v) is 8.07. The van der Waals surface area contributed by atoms with Crippen molar-refractivity contribution in [3.63, 3.8) is 0 Å². The largest absolute Gasteiger partial charge is 0.493 e. The summed E-state index contributed by atoms with van der Waals surface area (Å²) in [5.74, 6) is -0.868. The molecular formula is C27H26N2O6. The van der Waals surface area contributed by atoms with Crippen LogP contribution < -0.4 is 14.8 Å². The fraction of sp³-hybridized carbons (Fsp3) is 0.222. The first-order valence-corrected chi connectivity index (χ1v) is 11.0. The minimum absolute atomic E-state index is 0.195. The third-order valence-electron chi connectivity index (χ3n) is 6.20. The molecule has 1 aliphatic rings. The number of para-hydroxylation sites is 1. The van der Waals surface area contributed by atoms with Crippen LogP contribution in [0.1, 0.15) is 43.8 Å². The van der Waals surface area contributed by atoms with Gasteiger partial charge in [-0.1, -0.05) is 36.4 Å². The molecule has 0 saturated carbocycles. The number of nitrogens with zero attached hydrogens (tertiary/aromatic N) is 1. The maximum atomic E-state index is 13.8. The number of hydrogen-bond donors (Lipinski definition) is 1. The lowest BCUT2D eigenvalue weighted by Gasteiger charge is -2.40. The zero-order chi connectivity index (χ0) is 25.1. The van der Waals surface area contributed by atoms with Crippen LogP contribution in [0.3, 0.4) is 0 Å². The van der Waals surface area contributed by atoms with E-state index in [9.17, 15) is 14.4 Å². The van der Waals surface area contributed by atoms with Crippen molar-refractivity contribution in [2.75, 3.05) is 33.7 Å². The molecule has 0 aliphatic carbocycles. The summed E-state index contributed by atoms with van der Waals surface area (Å²) in [4.78, 5) is 40.9. The normalized spacial score (nSPS) is 16.8. The van der Waals surface area contributed by atoms with Crippen LogP contribution in [0.15, 0.2) is 66.7 Å². The van der Waals surface area contributed by atoms with Crippen molar-refractivity contribution in [3.8, 4) is 11.5 Å². The van der Waals surface area contributed by atoms with Crippen molar-refractivity contribution in [2.24, 2.45) is 0 Å². The van der Waals surface area contributed by atoms with E-state index in [2.05, 4.69) is 5.32 Å². The number of rotatable bonds is 6. The van der Waals surface area contributed by atoms with Crippen molar-refractivity contribution in [1.29, 1.82) is 0 Å². The standard InChI is InChI=1S/C27H26N2O6/c1-29-24(16-13-14-21(33-2)22(15-16)34-3)23(17-9-5-6-10-18(17)26(29)31)25(30)28-20-12-8-7-11-19(20)27(32)35-4/h5-15,23-24H,1-4H3,(H,28,30)/t23-,24-/m1/s1. The molecule has 1 aliphatic heterocycles. The molecule has 0 radical (unpaired) electrons. The predicted molar refractivity (Wildman–Crippen MR) is 130 cm³/mol. The number of carbonyl (C=O) groups excluding carboxylic acids is 3. The van der Waals surface area contributed by atoms with E-state index in [0.29, 0.717) is 33.9 Å². The molecule has 0 aromatic heterocycles. The summed E-state index contributed by atoms with van der Waals surface area (Å²) in [5.41, 5.74) is 2.32. The fourth-order valence-corrected chi connectivity index (χ4v) is 4.50. The molecule has 0 fully saturated rings. The van der Waals surface area contributed by atoms with Crippen LogP contribution in [-0.2, 0) is 9.53 Å². The van der Waals surface area contributed by atoms with E-state index in [1.54, 1.807) is 79.7 Å². The van der Waals surface area contributed by atoms with E-state index in [-0.39, 0.29) is 17.4 Å². The number of ether oxygens (including phenoxy) is 3. The summed E-state index contributed by atoms with van der Waals surface area (Å²) in [6.07, 6.45) is 0. The van der Waals surface area contributed by atoms with Gasteiger partial charge in [0.05, 0.1) is 44.5 Å². The molecule has 4 rings (SSSR count). The zero-order valence-electron chi connectivity index (χ0n) is 19.9. The van der Waals surface area contributed by atoms with Crippen molar-refractivity contribution in [2.45, 2.75) is 12.0 Å². The van der Waals surface area contributed by atoms with E-state index in [1.165, 1.54) is 14.2 Å². The van der Waals surface area contributed by atoms with Gasteiger partial charge < -0.3 is 24.4 Å². The molecule has 0 bridgehead atoms. The van der Waals surface area contributed by atoms with E-state index >= 15 is 0 Å². The Labute approximate surface area is 203 Å². The van der Waals surface area contributed by atoms with Crippen LogP contribution in [0.4, 0.5) is 5.69 Å². The topological polar surface area (TPSA) is 94.2 Å². The smallest absolute Gasteiger partial charge is 0.339 e. The Balaban J connectivity index is 1.83. The molecule has 8 heteroatoms. The zero-order valence-corrected chi connectivity index (χ0v) is 19.9. The van der Waals surface area contributed by atoms with Crippen LogP contribution in [0.25, 0.3) is 0 Å². The number of amides is 2. The van der Waals surface area contributed by atoms with Crippen molar-refractivity contribution in [3.05, 3.63) is 89.0 Å². The Morgan fingerprint density at radius 2 is 1.57 bits per heavy atom. The quantitative estimate of drug-likeness (QED) is 0.542. The highest BCUT2D eigenvalue weighted by Crippen LogP contribution is 2.44. The van der Waals surface area contributed by atoms with E-state index < -0.39 is 17.9 Å². The molecule has 0 unspecified atom stereocenters. The number of anilines is 1. The molecule has 2 atom stereocenters. The van der Waals surface area contributed by atoms with Crippen molar-refractivity contribution >= 4 is 23.5 Å². The van der Waals surface area contributed by atoms with Crippen LogP contribution in [0.5, 0.6) is 11.5 Å². The maximum absolute atomic E-state index is 13.8. The molecule has 35 heavy (non-hydrogen) atoms. The third kappa shape index (κ3) is 4.30. The Kier molecular flexibility index (Phi) is 6.73. The molecule has 180 valence electrons. The van der Waals surface area contributed by atoms with Crippen molar-refractivity contribution in [1.82, 2.24) is 4.90 Å². The molecule has 3 aromatic carbocycles. The predicted octanol–water partition coefficient (Wildman–Crippen LogP) is 4.04. The average molecular weight is 475 g/mol. The van der Waals surface area contributed by atoms with E-state index in [0.717, 1.165) is 0 Å². The summed E-state index contributed by atoms with van der Waals surface area (Å²) < 4.78 is 15.7. The van der Waals surface area contributed by atoms with Crippen molar-refractivity contribution < 1.29 is 28.6 Å². The number of esters is 1. The molecule has 3 aromatic rings. The lowest BCUT2D eigenvalue weighted by Crippen LogP contribution is -2.44. The molecule has 1 heterocycles. The number of hydrogen-bond acceptors (Lipinski definition) is 6. The number of fused-ring (bicyclic) bond motifs is 1. The number of benzene rings is 3. The van der Waals surface area contributed by atoms with Gasteiger partial charge in [-0.05, 0) is 41.5 Å². The summed E-state index contributed by atoms with van der Waals surface area (Å²) in [6, 6.07) is 18.4. The lowest BCUT2D eigenvalue weighted by atomic mass is 9.79. The van der Waals surface area contributed by atoms with Gasteiger partial charge in [0, 0.05) is 12.6 Å². The fourth-order valence-electron chi connectivity index (χ4n) is 4.50. The second kappa shape index (κ2) is 9.89. The Bertz CT molecular complexity index is 1290. The van der Waals surface area contributed by atoms with Gasteiger partial charge in [-0.15, -0.1) is 0 Å². The monoisotopic (exact) mass is 474 g/mol. The molecule has 1 N–H and O–H groups in total. The Morgan fingerprint density at radius 1 is 0.886 bits per heavy atom. The molecule has 0 spiro atoms. The minimum Gasteiger partial charge on any atom is -0.493 e. The second-order valence-electron chi connectivity index (χ2n) is 8.07. The molecular weight excluding hydrogens is 448 g/mol. The highest BCUT2D eigenvalue weighted by Gasteiger charge is 2.43. The average Bonchev–Trinajstić information content (AvgIpc) is 2.89. The first-order valence-electron chi connectivity index (χ1n) is 11.0. The maximum Gasteiger partial charge on any atom is 0.339 e. The van der Waals surface area contributed by atoms with Gasteiger partial charge in [0.15, 0.2) is 11.5 Å². The summed E-state index contributed by atoms with van der Waals surface area (Å²) in [5, 5.41) is 2.89. The van der Waals surface area contributed by atoms with Gasteiger partial charge >= 0.3 is 5.97 Å². The van der Waals surface area contributed by atoms with Gasteiger partial charge in [-0.2, -0.15) is 0 Å². The highest BCUT2D eigenvalue weighted by molar-refractivity contribution is 6.06. The first kappa shape index (κ1) is 23.8. The SMILES string of the molecule is COC(=O)c1ccccc1NC(=O)[C@@H]1c2ccccc2C(=O)N(C)[C@@H]1c1ccc(OC)c(OC)c1. The number of methoxy groups -OCH3 is 3. The van der Waals surface area contributed by atoms with Gasteiger partial charge in [0.1, 0.15) is 0 Å². The molecule has 0 saturated heterocycles. The van der Waals surface area contributed by atoms with E-state index in [4.69, 9.17) is 14.2 Å². The van der Waals surface area contributed by atoms with Gasteiger partial charge in [-0.25, -0.2) is 4.79 Å². The Hall–Kier alpha value is -4.33. The van der Waals surface area contributed by atoms with Gasteiger partial charge in [0.25, 0.3) is 5.91 Å². The molecule has 2 amide bonds.